The molecule has 8 N–H and O–H groups in total. The Morgan fingerprint density at radius 3 is 2.59 bits per heavy atom. The molecule has 2 fully saturated rings. The smallest absolute Gasteiger partial charge is 0.331 e. The van der Waals surface area contributed by atoms with Crippen molar-refractivity contribution >= 4 is 35.5 Å². The van der Waals surface area contributed by atoms with Gasteiger partial charge >= 0.3 is 6.03 Å². The summed E-state index contributed by atoms with van der Waals surface area (Å²) in [5.74, 6) is -3.72. The molecular weight excluding hydrogens is 566 g/mol. The number of aliphatic hydroxyl groups is 2. The molecule has 5 aliphatic rings. The number of rotatable bonds is 5. The summed E-state index contributed by atoms with van der Waals surface area (Å²) in [6.07, 6.45) is 1.76. The lowest BCUT2D eigenvalue weighted by atomic mass is 9.83. The van der Waals surface area contributed by atoms with Gasteiger partial charge in [-0.15, -0.1) is 0 Å². The number of aryl methyl sites for hydroxylation is 1. The van der Waals surface area contributed by atoms with Gasteiger partial charge in [-0.1, -0.05) is 44.2 Å². The van der Waals surface area contributed by atoms with Crippen molar-refractivity contribution in [2.24, 2.45) is 21.5 Å². The van der Waals surface area contributed by atoms with Crippen molar-refractivity contribution in [3.05, 3.63) is 65.2 Å². The zero-order chi connectivity index (χ0) is 31.2. The molecule has 0 aromatic heterocycles. The van der Waals surface area contributed by atoms with Gasteiger partial charge in [-0.3, -0.25) is 19.4 Å². The third-order valence-electron chi connectivity index (χ3n) is 9.69. The molecular formula is C30H35N9O5. The summed E-state index contributed by atoms with van der Waals surface area (Å²) in [5.41, 5.74) is 13.6. The summed E-state index contributed by atoms with van der Waals surface area (Å²) >= 11 is 0. The van der Waals surface area contributed by atoms with E-state index in [1.54, 1.807) is 30.3 Å². The fraction of sp³-hybridized carbons (Fsp3) is 0.433. The number of fused-ring (bicyclic) bond motifs is 1. The van der Waals surface area contributed by atoms with Gasteiger partial charge in [0, 0.05) is 17.8 Å². The van der Waals surface area contributed by atoms with Crippen molar-refractivity contribution in [3.8, 4) is 0 Å². The number of carbonyl (C=O) groups excluding carboxylic acids is 3. The number of anilines is 1. The van der Waals surface area contributed by atoms with Crippen LogP contribution in [0.2, 0.25) is 0 Å². The van der Waals surface area contributed by atoms with E-state index in [1.807, 2.05) is 18.2 Å². The maximum absolute atomic E-state index is 13.7. The lowest BCUT2D eigenvalue weighted by Gasteiger charge is -2.49. The molecule has 0 saturated carbocycles. The molecule has 4 amide bonds. The number of para-hydroxylation sites is 1. The van der Waals surface area contributed by atoms with Crippen molar-refractivity contribution in [1.82, 2.24) is 20.4 Å². The second-order valence-corrected chi connectivity index (χ2v) is 12.7. The van der Waals surface area contributed by atoms with E-state index < -0.39 is 47.4 Å². The van der Waals surface area contributed by atoms with Crippen molar-refractivity contribution < 1.29 is 24.6 Å². The van der Waals surface area contributed by atoms with Crippen LogP contribution in [0.1, 0.15) is 41.8 Å². The number of nitrogens with two attached hydrogens (primary N) is 2. The Morgan fingerprint density at radius 1 is 1.09 bits per heavy atom. The number of guanidine groups is 2. The highest BCUT2D eigenvalue weighted by molar-refractivity contribution is 6.12. The second-order valence-electron chi connectivity index (χ2n) is 12.7. The Bertz CT molecular complexity index is 1640. The monoisotopic (exact) mass is 601 g/mol. The van der Waals surface area contributed by atoms with Gasteiger partial charge in [-0.25, -0.2) is 14.8 Å². The summed E-state index contributed by atoms with van der Waals surface area (Å²) in [7, 11) is 0. The summed E-state index contributed by atoms with van der Waals surface area (Å²) in [5, 5.41) is 29.4. The van der Waals surface area contributed by atoms with E-state index in [-0.39, 0.29) is 37.0 Å². The first kappa shape index (κ1) is 28.1. The molecule has 4 atom stereocenters. The van der Waals surface area contributed by atoms with Gasteiger partial charge in [0.2, 0.25) is 5.79 Å². The zero-order valence-electron chi connectivity index (χ0n) is 24.4. The summed E-state index contributed by atoms with van der Waals surface area (Å²) < 4.78 is 0. The number of nitrogens with one attached hydrogen (secondary N) is 2. The van der Waals surface area contributed by atoms with E-state index >= 15 is 0 Å². The Hall–Kier alpha value is -4.69. The molecule has 7 rings (SSSR count). The lowest BCUT2D eigenvalue weighted by molar-refractivity contribution is -0.230. The molecule has 44 heavy (non-hydrogen) atoms. The molecule has 1 spiro atoms. The normalized spacial score (nSPS) is 29.5. The molecule has 14 nitrogen and oxygen atoms in total. The van der Waals surface area contributed by atoms with Crippen LogP contribution < -0.4 is 27.0 Å². The minimum atomic E-state index is -2.65. The minimum Gasteiger partial charge on any atom is -0.370 e. The van der Waals surface area contributed by atoms with Crippen LogP contribution in [0.4, 0.5) is 10.5 Å². The van der Waals surface area contributed by atoms with Crippen molar-refractivity contribution in [2.45, 2.75) is 61.7 Å². The molecule has 2 aromatic rings. The van der Waals surface area contributed by atoms with E-state index in [9.17, 15) is 24.6 Å². The maximum Gasteiger partial charge on any atom is 0.331 e. The van der Waals surface area contributed by atoms with Crippen LogP contribution in [-0.4, -0.2) is 99.0 Å². The highest BCUT2D eigenvalue weighted by atomic mass is 16.5. The van der Waals surface area contributed by atoms with Gasteiger partial charge in [-0.2, -0.15) is 0 Å². The fourth-order valence-corrected chi connectivity index (χ4v) is 7.56. The number of hydrogen-bond acceptors (Lipinski definition) is 11. The highest BCUT2D eigenvalue weighted by Gasteiger charge is 2.73. The number of benzene rings is 2. The predicted octanol–water partition coefficient (Wildman–Crippen LogP) is -0.846. The molecule has 4 heterocycles. The molecule has 0 radical (unpaired) electrons. The van der Waals surface area contributed by atoms with Crippen LogP contribution >= 0.6 is 0 Å². The second kappa shape index (κ2) is 9.40. The van der Waals surface area contributed by atoms with Gasteiger partial charge in [0.25, 0.3) is 11.8 Å². The third kappa shape index (κ3) is 3.83. The lowest BCUT2D eigenvalue weighted by Crippen LogP contribution is -2.78. The summed E-state index contributed by atoms with van der Waals surface area (Å²) in [4.78, 5) is 52.9. The molecule has 0 bridgehead atoms. The summed E-state index contributed by atoms with van der Waals surface area (Å²) in [6.45, 7) is 3.68. The van der Waals surface area contributed by atoms with Gasteiger partial charge in [0.1, 0.15) is 18.6 Å². The standard InChI is InChI=1S/C30H35N9O5/c1-28(2)12-11-16-7-6-10-18(22(16)28)24(41)34-20-14-39-26(32)33-19(23-29(39,30(20,43)44)36-25(31)35-23)13-38-21(40)15-37(27(38)42)17-8-4-3-5-9-17/h3-10,19-20,23,43-44H,11-15H2,1-2H3,(H2,32,33)(H,34,41)(H3,31,35,36)/t19-,20?,23-,29?/m0/s1. The van der Waals surface area contributed by atoms with Crippen molar-refractivity contribution in [3.63, 3.8) is 0 Å². The number of aliphatic imine (C=N–C) groups is 2. The number of urea groups is 1. The number of hydrogen-bond donors (Lipinski definition) is 6. The number of imide groups is 1. The van der Waals surface area contributed by atoms with Gasteiger partial charge in [0.05, 0.1) is 12.6 Å². The van der Waals surface area contributed by atoms with Crippen molar-refractivity contribution in [2.75, 3.05) is 24.5 Å². The first-order valence-corrected chi connectivity index (χ1v) is 14.6. The van der Waals surface area contributed by atoms with Gasteiger partial charge < -0.3 is 37.2 Å². The van der Waals surface area contributed by atoms with Crippen LogP contribution in [0.15, 0.2) is 58.5 Å². The Labute approximate surface area is 253 Å². The van der Waals surface area contributed by atoms with Crippen molar-refractivity contribution in [1.29, 1.82) is 0 Å². The molecule has 230 valence electrons. The average Bonchev–Trinajstić information content (AvgIpc) is 3.66. The third-order valence-corrected chi connectivity index (χ3v) is 9.69. The molecule has 2 saturated heterocycles. The van der Waals surface area contributed by atoms with Crippen LogP contribution in [-0.2, 0) is 16.6 Å². The quantitative estimate of drug-likeness (QED) is 0.186. The van der Waals surface area contributed by atoms with Crippen LogP contribution in [0.25, 0.3) is 0 Å². The van der Waals surface area contributed by atoms with E-state index in [2.05, 4.69) is 34.5 Å². The first-order chi connectivity index (χ1) is 20.8. The summed E-state index contributed by atoms with van der Waals surface area (Å²) in [6, 6.07) is 10.6. The first-order valence-electron chi connectivity index (χ1n) is 14.6. The van der Waals surface area contributed by atoms with Gasteiger partial charge in [0.15, 0.2) is 17.6 Å². The SMILES string of the molecule is CC1(C)CCc2cccc(C(=O)NC3CN4C(N)=N[C@@H](CN5C(=O)CN(c6ccccc6)C5=O)[C@@H]5N=C(N)NC54C3(O)O)c21. The topological polar surface area (TPSA) is 202 Å². The average molecular weight is 602 g/mol. The molecule has 2 unspecified atom stereocenters. The van der Waals surface area contributed by atoms with Crippen LogP contribution in [0, 0.1) is 0 Å². The molecule has 2 aromatic carbocycles. The van der Waals surface area contributed by atoms with Crippen LogP contribution in [0.5, 0.6) is 0 Å². The number of amides is 4. The Morgan fingerprint density at radius 2 is 1.84 bits per heavy atom. The highest BCUT2D eigenvalue weighted by Crippen LogP contribution is 2.46. The molecule has 1 aliphatic carbocycles. The number of nitrogens with zero attached hydrogens (tertiary/aromatic N) is 5. The number of carbonyl (C=O) groups is 3. The fourth-order valence-electron chi connectivity index (χ4n) is 7.56. The van der Waals surface area contributed by atoms with E-state index in [1.165, 1.54) is 9.80 Å². The Balaban J connectivity index is 1.18. The maximum atomic E-state index is 13.7. The van der Waals surface area contributed by atoms with E-state index in [0.717, 1.165) is 28.9 Å². The minimum absolute atomic E-state index is 0.0754. The molecule has 4 aliphatic heterocycles. The molecule has 14 heteroatoms. The zero-order valence-corrected chi connectivity index (χ0v) is 24.4. The van der Waals surface area contributed by atoms with E-state index in [4.69, 9.17) is 11.5 Å². The predicted molar refractivity (Wildman–Crippen MR) is 161 cm³/mol. The Kier molecular flexibility index (Phi) is 6.01. The van der Waals surface area contributed by atoms with Crippen LogP contribution in [0.3, 0.4) is 0 Å². The largest absolute Gasteiger partial charge is 0.370 e. The van der Waals surface area contributed by atoms with Gasteiger partial charge in [-0.05, 0) is 47.6 Å². The van der Waals surface area contributed by atoms with E-state index in [0.29, 0.717) is 11.3 Å².